The van der Waals surface area contributed by atoms with E-state index in [0.29, 0.717) is 16.6 Å². The molecule has 1 aliphatic heterocycles. The van der Waals surface area contributed by atoms with Gasteiger partial charge in [-0.1, -0.05) is 66.9 Å². The molecule has 0 atom stereocenters. The lowest BCUT2D eigenvalue weighted by Gasteiger charge is -2.12. The molecule has 0 radical (unpaired) electrons. The zero-order chi connectivity index (χ0) is 18.8. The summed E-state index contributed by atoms with van der Waals surface area (Å²) in [6.45, 7) is 5.65. The first kappa shape index (κ1) is 16.8. The minimum atomic E-state index is -0.111. The lowest BCUT2D eigenvalue weighted by molar-refractivity contribution is 0.953. The second-order valence-corrected chi connectivity index (χ2v) is 6.27. The summed E-state index contributed by atoms with van der Waals surface area (Å²) in [4.78, 5) is 18.2. The number of allylic oxidation sites excluding steroid dienone is 8. The number of rotatable bonds is 2. The highest BCUT2D eigenvalue weighted by atomic mass is 16.1. The SMILES string of the molecule is C=C/C=C\C1=C=C/C=C\C=C(/C)N=c2c3cccc4cccc(c(=O)n21)c43. The van der Waals surface area contributed by atoms with Crippen LogP contribution in [0.15, 0.2) is 107 Å². The molecule has 3 aromatic rings. The van der Waals surface area contributed by atoms with Crippen LogP contribution in [0.2, 0.25) is 0 Å². The van der Waals surface area contributed by atoms with Crippen molar-refractivity contribution in [2.75, 3.05) is 0 Å². The summed E-state index contributed by atoms with van der Waals surface area (Å²) in [6, 6.07) is 11.8. The van der Waals surface area contributed by atoms with Crippen molar-refractivity contribution in [1.29, 1.82) is 0 Å². The Labute approximate surface area is 157 Å². The van der Waals surface area contributed by atoms with Crippen LogP contribution in [0.25, 0.3) is 27.2 Å². The van der Waals surface area contributed by atoms with Crippen LogP contribution in [-0.4, -0.2) is 4.57 Å². The zero-order valence-corrected chi connectivity index (χ0v) is 15.0. The molecule has 130 valence electrons. The van der Waals surface area contributed by atoms with E-state index in [0.717, 1.165) is 21.9 Å². The molecule has 4 rings (SSSR count). The molecule has 3 heteroatoms. The van der Waals surface area contributed by atoms with Gasteiger partial charge in [0.2, 0.25) is 0 Å². The highest BCUT2D eigenvalue weighted by Crippen LogP contribution is 2.23. The van der Waals surface area contributed by atoms with Gasteiger partial charge in [-0.3, -0.25) is 9.36 Å². The molecule has 0 unspecified atom stereocenters. The summed E-state index contributed by atoms with van der Waals surface area (Å²) in [5, 5.41) is 3.58. The van der Waals surface area contributed by atoms with Crippen molar-refractivity contribution in [1.82, 2.24) is 4.57 Å². The number of benzene rings is 2. The molecule has 1 aliphatic rings. The Morgan fingerprint density at radius 1 is 1.11 bits per heavy atom. The highest BCUT2D eigenvalue weighted by molar-refractivity contribution is 6.09. The summed E-state index contributed by atoms with van der Waals surface area (Å²) in [5.41, 5.74) is 5.13. The van der Waals surface area contributed by atoms with Crippen LogP contribution in [0.3, 0.4) is 0 Å². The monoisotopic (exact) mass is 350 g/mol. The van der Waals surface area contributed by atoms with Gasteiger partial charge in [0.05, 0.1) is 5.70 Å². The van der Waals surface area contributed by atoms with Crippen molar-refractivity contribution in [3.05, 3.63) is 113 Å². The third kappa shape index (κ3) is 2.91. The smallest absolute Gasteiger partial charge is 0.265 e. The Kier molecular flexibility index (Phi) is 4.29. The number of aromatic nitrogens is 1. The fraction of sp³-hybridized carbons (Fsp3) is 0.0417. The maximum atomic E-state index is 13.5. The molecular weight excluding hydrogens is 332 g/mol. The molecule has 2 heterocycles. The third-order valence-corrected chi connectivity index (χ3v) is 4.48. The van der Waals surface area contributed by atoms with Gasteiger partial charge in [-0.2, -0.15) is 0 Å². The average Bonchev–Trinajstić information content (AvgIpc) is 2.68. The summed E-state index contributed by atoms with van der Waals surface area (Å²) < 4.78 is 1.63. The van der Waals surface area contributed by atoms with Crippen LogP contribution >= 0.6 is 0 Å². The van der Waals surface area contributed by atoms with Gasteiger partial charge in [0.15, 0.2) is 0 Å². The van der Waals surface area contributed by atoms with E-state index in [9.17, 15) is 4.79 Å². The van der Waals surface area contributed by atoms with Crippen LogP contribution < -0.4 is 11.0 Å². The predicted octanol–water partition coefficient (Wildman–Crippen LogP) is 4.71. The van der Waals surface area contributed by atoms with Gasteiger partial charge in [0, 0.05) is 21.9 Å². The first-order valence-electron chi connectivity index (χ1n) is 8.75. The Morgan fingerprint density at radius 3 is 2.67 bits per heavy atom. The molecule has 27 heavy (non-hydrogen) atoms. The molecule has 0 saturated carbocycles. The van der Waals surface area contributed by atoms with Gasteiger partial charge in [-0.25, -0.2) is 4.99 Å². The first-order chi connectivity index (χ1) is 13.2. The van der Waals surface area contributed by atoms with Gasteiger partial charge in [0.25, 0.3) is 5.56 Å². The van der Waals surface area contributed by atoms with E-state index in [1.54, 1.807) is 22.8 Å². The van der Waals surface area contributed by atoms with Crippen molar-refractivity contribution in [2.24, 2.45) is 4.99 Å². The van der Waals surface area contributed by atoms with Crippen LogP contribution in [-0.2, 0) is 0 Å². The number of pyridine rings is 1. The van der Waals surface area contributed by atoms with Crippen LogP contribution in [0.4, 0.5) is 0 Å². The number of hydrogen-bond acceptors (Lipinski definition) is 2. The molecule has 0 spiro atoms. The molecule has 0 saturated heterocycles. The van der Waals surface area contributed by atoms with Gasteiger partial charge >= 0.3 is 0 Å². The van der Waals surface area contributed by atoms with E-state index in [4.69, 9.17) is 4.99 Å². The van der Waals surface area contributed by atoms with E-state index in [1.165, 1.54) is 0 Å². The fourth-order valence-corrected chi connectivity index (χ4v) is 3.31. The van der Waals surface area contributed by atoms with Crippen LogP contribution in [0, 0.1) is 0 Å². The Balaban J connectivity index is 2.32. The number of fused-ring (bicyclic) bond motifs is 2. The van der Waals surface area contributed by atoms with Gasteiger partial charge < -0.3 is 0 Å². The fourth-order valence-electron chi connectivity index (χ4n) is 3.31. The van der Waals surface area contributed by atoms with Gasteiger partial charge in [-0.15, -0.1) is 0 Å². The standard InChI is InChI=1S/C24H18N2O/c1-3-4-13-19-14-7-5-6-10-17(2)25-23-20-15-8-11-18-12-9-16-21(22(18)20)24(27)26(19)23/h3-13,15-16H,1H2,2H3/b6-5-,13-4-,17-10+,25-23?. The molecule has 0 aliphatic carbocycles. The van der Waals surface area contributed by atoms with E-state index in [1.807, 2.05) is 67.6 Å². The Morgan fingerprint density at radius 2 is 1.89 bits per heavy atom. The maximum Gasteiger partial charge on any atom is 0.265 e. The lowest BCUT2D eigenvalue weighted by Crippen LogP contribution is -2.33. The van der Waals surface area contributed by atoms with Gasteiger partial charge in [0.1, 0.15) is 5.49 Å². The predicted molar refractivity (Wildman–Crippen MR) is 112 cm³/mol. The molecule has 0 bridgehead atoms. The maximum absolute atomic E-state index is 13.5. The number of nitrogens with zero attached hydrogens (tertiary/aromatic N) is 2. The molecular formula is C24H18N2O. The van der Waals surface area contributed by atoms with E-state index >= 15 is 0 Å². The van der Waals surface area contributed by atoms with Crippen molar-refractivity contribution < 1.29 is 0 Å². The molecule has 1 aromatic heterocycles. The van der Waals surface area contributed by atoms with Crippen LogP contribution in [0.5, 0.6) is 0 Å². The molecule has 0 N–H and O–H groups in total. The number of hydrogen-bond donors (Lipinski definition) is 0. The normalized spacial score (nSPS) is 17.2. The Hall–Kier alpha value is -3.68. The van der Waals surface area contributed by atoms with Crippen molar-refractivity contribution in [2.45, 2.75) is 6.92 Å². The van der Waals surface area contributed by atoms with E-state index < -0.39 is 0 Å². The second-order valence-electron chi connectivity index (χ2n) is 6.27. The minimum Gasteiger partial charge on any atom is -0.268 e. The molecule has 3 nitrogen and oxygen atoms in total. The topological polar surface area (TPSA) is 34.4 Å². The largest absolute Gasteiger partial charge is 0.268 e. The van der Waals surface area contributed by atoms with Crippen molar-refractivity contribution >= 4 is 27.2 Å². The second kappa shape index (κ2) is 6.91. The van der Waals surface area contributed by atoms with Crippen molar-refractivity contribution in [3.63, 3.8) is 0 Å². The van der Waals surface area contributed by atoms with Crippen LogP contribution in [0.1, 0.15) is 6.92 Å². The van der Waals surface area contributed by atoms with E-state index in [2.05, 4.69) is 12.3 Å². The quantitative estimate of drug-likeness (QED) is 0.487. The molecule has 2 aromatic carbocycles. The summed E-state index contributed by atoms with van der Waals surface area (Å²) in [7, 11) is 0. The highest BCUT2D eigenvalue weighted by Gasteiger charge is 2.14. The Bertz CT molecular complexity index is 1340. The zero-order valence-electron chi connectivity index (χ0n) is 15.0. The first-order valence-corrected chi connectivity index (χ1v) is 8.75. The molecule has 0 amide bonds. The molecule has 0 fully saturated rings. The van der Waals surface area contributed by atoms with E-state index in [-0.39, 0.29) is 5.56 Å². The summed E-state index contributed by atoms with van der Waals surface area (Å²) in [5.74, 6) is 0. The summed E-state index contributed by atoms with van der Waals surface area (Å²) in [6.07, 6.45) is 12.8. The van der Waals surface area contributed by atoms with Gasteiger partial charge in [-0.05, 0) is 36.6 Å². The average molecular weight is 350 g/mol. The minimum absolute atomic E-state index is 0.111. The lowest BCUT2D eigenvalue weighted by atomic mass is 10.0. The third-order valence-electron chi connectivity index (χ3n) is 4.48. The van der Waals surface area contributed by atoms with Crippen molar-refractivity contribution in [3.8, 4) is 0 Å². The summed E-state index contributed by atoms with van der Waals surface area (Å²) >= 11 is 0.